The van der Waals surface area contributed by atoms with E-state index in [-0.39, 0.29) is 12.0 Å². The van der Waals surface area contributed by atoms with E-state index in [4.69, 9.17) is 9.47 Å². The molecule has 3 aromatic rings. The Bertz CT molecular complexity index is 969. The van der Waals surface area contributed by atoms with Crippen LogP contribution in [0.25, 0.3) is 0 Å². The van der Waals surface area contributed by atoms with Crippen LogP contribution in [0.1, 0.15) is 43.9 Å². The molecular weight excluding hydrogens is 410 g/mol. The van der Waals surface area contributed by atoms with E-state index in [1.54, 1.807) is 0 Å². The third-order valence-corrected chi connectivity index (χ3v) is 5.65. The molecule has 0 bridgehead atoms. The summed E-state index contributed by atoms with van der Waals surface area (Å²) in [6.45, 7) is 7.40. The van der Waals surface area contributed by atoms with Crippen molar-refractivity contribution >= 4 is 5.97 Å². The summed E-state index contributed by atoms with van der Waals surface area (Å²) in [5, 5.41) is 3.44. The van der Waals surface area contributed by atoms with Gasteiger partial charge < -0.3 is 14.8 Å². The van der Waals surface area contributed by atoms with E-state index in [0.29, 0.717) is 19.8 Å². The Labute approximate surface area is 197 Å². The van der Waals surface area contributed by atoms with Crippen molar-refractivity contribution in [2.24, 2.45) is 5.41 Å². The maximum atomic E-state index is 12.5. The van der Waals surface area contributed by atoms with E-state index in [0.717, 1.165) is 24.2 Å². The predicted octanol–water partition coefficient (Wildman–Crippen LogP) is 5.79. The first-order chi connectivity index (χ1) is 15.9. The lowest BCUT2D eigenvalue weighted by Gasteiger charge is -2.25. The highest BCUT2D eigenvalue weighted by molar-refractivity contribution is 5.76. The van der Waals surface area contributed by atoms with Gasteiger partial charge in [0.25, 0.3) is 0 Å². The molecule has 0 radical (unpaired) electrons. The van der Waals surface area contributed by atoms with Crippen molar-refractivity contribution in [3.05, 3.63) is 102 Å². The van der Waals surface area contributed by atoms with Gasteiger partial charge in [-0.25, -0.2) is 0 Å². The third kappa shape index (κ3) is 8.39. The van der Waals surface area contributed by atoms with Crippen LogP contribution in [0.4, 0.5) is 0 Å². The minimum atomic E-state index is -0.599. The topological polar surface area (TPSA) is 47.6 Å². The normalized spacial score (nSPS) is 12.2. The van der Waals surface area contributed by atoms with E-state index >= 15 is 0 Å². The number of ether oxygens (including phenoxy) is 2. The van der Waals surface area contributed by atoms with Crippen LogP contribution in [0.5, 0.6) is 5.75 Å². The predicted molar refractivity (Wildman–Crippen MR) is 133 cm³/mol. The van der Waals surface area contributed by atoms with Gasteiger partial charge >= 0.3 is 5.97 Å². The zero-order chi connectivity index (χ0) is 23.5. The number of benzene rings is 3. The number of esters is 1. The summed E-state index contributed by atoms with van der Waals surface area (Å²) >= 11 is 0. The second kappa shape index (κ2) is 12.2. The Balaban J connectivity index is 1.34. The van der Waals surface area contributed by atoms with Gasteiger partial charge in [0, 0.05) is 12.6 Å². The smallest absolute Gasteiger partial charge is 0.313 e. The molecule has 33 heavy (non-hydrogen) atoms. The number of carbonyl (C=O) groups is 1. The van der Waals surface area contributed by atoms with Gasteiger partial charge in [-0.2, -0.15) is 0 Å². The van der Waals surface area contributed by atoms with Crippen molar-refractivity contribution in [2.45, 2.75) is 46.3 Å². The van der Waals surface area contributed by atoms with Crippen LogP contribution in [-0.2, 0) is 22.6 Å². The zero-order valence-corrected chi connectivity index (χ0v) is 19.9. The average Bonchev–Trinajstić information content (AvgIpc) is 2.83. The van der Waals surface area contributed by atoms with Crippen LogP contribution in [0.2, 0.25) is 0 Å². The number of nitrogens with one attached hydrogen (secondary N) is 1. The monoisotopic (exact) mass is 445 g/mol. The highest BCUT2D eigenvalue weighted by Gasteiger charge is 2.29. The molecule has 0 spiro atoms. The molecule has 0 fully saturated rings. The van der Waals surface area contributed by atoms with Crippen molar-refractivity contribution in [2.75, 3.05) is 13.2 Å². The number of hydrogen-bond acceptors (Lipinski definition) is 4. The summed E-state index contributed by atoms with van der Waals surface area (Å²) in [6.07, 6.45) is 1.77. The number of hydrogen-bond donors (Lipinski definition) is 1. The van der Waals surface area contributed by atoms with E-state index in [1.807, 2.05) is 62.4 Å². The molecule has 0 heterocycles. The van der Waals surface area contributed by atoms with Crippen molar-refractivity contribution in [1.29, 1.82) is 0 Å². The molecule has 1 unspecified atom stereocenters. The Morgan fingerprint density at radius 3 is 2.06 bits per heavy atom. The Morgan fingerprint density at radius 2 is 1.42 bits per heavy atom. The summed E-state index contributed by atoms with van der Waals surface area (Å²) in [5.74, 6) is 0.682. The lowest BCUT2D eigenvalue weighted by atomic mass is 9.93. The first-order valence-electron chi connectivity index (χ1n) is 11.6. The molecule has 1 N–H and O–H groups in total. The van der Waals surface area contributed by atoms with E-state index in [9.17, 15) is 4.79 Å². The Kier molecular flexibility index (Phi) is 9.08. The van der Waals surface area contributed by atoms with Crippen LogP contribution >= 0.6 is 0 Å². The van der Waals surface area contributed by atoms with Crippen molar-refractivity contribution in [1.82, 2.24) is 5.32 Å². The van der Waals surface area contributed by atoms with Crippen LogP contribution in [0, 0.1) is 5.41 Å². The molecule has 3 aromatic carbocycles. The van der Waals surface area contributed by atoms with Crippen molar-refractivity contribution < 1.29 is 14.3 Å². The lowest BCUT2D eigenvalue weighted by molar-refractivity contribution is -0.155. The Hall–Kier alpha value is -3.11. The van der Waals surface area contributed by atoms with Gasteiger partial charge in [0.15, 0.2) is 0 Å². The highest BCUT2D eigenvalue weighted by Crippen LogP contribution is 2.19. The SMILES string of the molecule is CC(CCOc1ccc(Cc2ccccc2)cc1)NCC(C)(C)C(=O)OCc1ccccc1. The van der Waals surface area contributed by atoms with Crippen molar-refractivity contribution in [3.63, 3.8) is 0 Å². The molecule has 3 rings (SSSR count). The summed E-state index contributed by atoms with van der Waals surface area (Å²) in [5.41, 5.74) is 2.97. The molecule has 0 saturated carbocycles. The molecule has 4 heteroatoms. The minimum Gasteiger partial charge on any atom is -0.494 e. The summed E-state index contributed by atoms with van der Waals surface area (Å²) < 4.78 is 11.4. The molecule has 0 aliphatic carbocycles. The van der Waals surface area contributed by atoms with Crippen LogP contribution in [0.3, 0.4) is 0 Å². The molecule has 0 aliphatic heterocycles. The maximum absolute atomic E-state index is 12.5. The van der Waals surface area contributed by atoms with Crippen LogP contribution in [0.15, 0.2) is 84.9 Å². The highest BCUT2D eigenvalue weighted by atomic mass is 16.5. The number of rotatable bonds is 12. The second-order valence-corrected chi connectivity index (χ2v) is 9.17. The minimum absolute atomic E-state index is 0.196. The first kappa shape index (κ1) is 24.5. The van der Waals surface area contributed by atoms with Gasteiger partial charge in [-0.15, -0.1) is 0 Å². The summed E-state index contributed by atoms with van der Waals surface area (Å²) in [7, 11) is 0. The van der Waals surface area contributed by atoms with Gasteiger partial charge in [0.05, 0.1) is 12.0 Å². The molecule has 0 amide bonds. The van der Waals surface area contributed by atoms with Crippen molar-refractivity contribution in [3.8, 4) is 5.75 Å². The molecule has 174 valence electrons. The largest absolute Gasteiger partial charge is 0.494 e. The van der Waals surface area contributed by atoms with Gasteiger partial charge in [0.1, 0.15) is 12.4 Å². The van der Waals surface area contributed by atoms with Gasteiger partial charge in [0.2, 0.25) is 0 Å². The van der Waals surface area contributed by atoms with E-state index in [2.05, 4.69) is 48.6 Å². The molecule has 1 atom stereocenters. The Morgan fingerprint density at radius 1 is 0.848 bits per heavy atom. The molecule has 4 nitrogen and oxygen atoms in total. The van der Waals surface area contributed by atoms with Gasteiger partial charge in [-0.3, -0.25) is 4.79 Å². The van der Waals surface area contributed by atoms with Gasteiger partial charge in [-0.05, 0) is 62.4 Å². The van der Waals surface area contributed by atoms with E-state index in [1.165, 1.54) is 11.1 Å². The standard InChI is InChI=1S/C29H35NO3/c1-23(30-22-29(2,3)28(31)33-21-26-12-8-5-9-13-26)18-19-32-27-16-14-25(15-17-27)20-24-10-6-4-7-11-24/h4-17,23,30H,18-22H2,1-3H3. The molecule has 0 saturated heterocycles. The van der Waals surface area contributed by atoms with Crippen LogP contribution in [-0.4, -0.2) is 25.2 Å². The molecular formula is C29H35NO3. The zero-order valence-electron chi connectivity index (χ0n) is 19.9. The maximum Gasteiger partial charge on any atom is 0.313 e. The van der Waals surface area contributed by atoms with Crippen LogP contribution < -0.4 is 10.1 Å². The fraction of sp³-hybridized carbons (Fsp3) is 0.345. The lowest BCUT2D eigenvalue weighted by Crippen LogP contribution is -2.41. The molecule has 0 aromatic heterocycles. The third-order valence-electron chi connectivity index (χ3n) is 5.65. The molecule has 0 aliphatic rings. The average molecular weight is 446 g/mol. The quantitative estimate of drug-likeness (QED) is 0.358. The fourth-order valence-electron chi connectivity index (χ4n) is 3.41. The summed E-state index contributed by atoms with van der Waals surface area (Å²) in [6, 6.07) is 28.7. The second-order valence-electron chi connectivity index (χ2n) is 9.17. The first-order valence-corrected chi connectivity index (χ1v) is 11.6. The number of carbonyl (C=O) groups excluding carboxylic acids is 1. The van der Waals surface area contributed by atoms with Gasteiger partial charge in [-0.1, -0.05) is 72.8 Å². The summed E-state index contributed by atoms with van der Waals surface area (Å²) in [4.78, 5) is 12.5. The van der Waals surface area contributed by atoms with E-state index < -0.39 is 5.41 Å². The fourth-order valence-corrected chi connectivity index (χ4v) is 3.41.